The highest BCUT2D eigenvalue weighted by Crippen LogP contribution is 2.16. The number of rotatable bonds is 4. The SMILES string of the molecule is COc1ccc(NC(=O)/C(C#N)=C/c2cccc(F)c2)cc1. The zero-order valence-corrected chi connectivity index (χ0v) is 11.8. The molecule has 0 heterocycles. The minimum absolute atomic E-state index is 0.110. The van der Waals surface area contributed by atoms with Crippen LogP contribution in [-0.4, -0.2) is 13.0 Å². The normalized spacial score (nSPS) is 10.7. The first-order valence-corrected chi connectivity index (χ1v) is 6.45. The van der Waals surface area contributed by atoms with Crippen LogP contribution in [0, 0.1) is 17.1 Å². The first kappa shape index (κ1) is 15.3. The smallest absolute Gasteiger partial charge is 0.266 e. The molecular formula is C17H13FN2O2. The van der Waals surface area contributed by atoms with Gasteiger partial charge < -0.3 is 10.1 Å². The van der Waals surface area contributed by atoms with E-state index in [2.05, 4.69) is 5.32 Å². The molecule has 0 atom stereocenters. The largest absolute Gasteiger partial charge is 0.497 e. The summed E-state index contributed by atoms with van der Waals surface area (Å²) in [6.45, 7) is 0. The molecular weight excluding hydrogens is 283 g/mol. The molecule has 0 saturated carbocycles. The number of methoxy groups -OCH3 is 1. The van der Waals surface area contributed by atoms with Crippen molar-refractivity contribution in [1.29, 1.82) is 5.26 Å². The maximum atomic E-state index is 13.1. The fourth-order valence-electron chi connectivity index (χ4n) is 1.78. The molecule has 0 aliphatic heterocycles. The molecule has 0 unspecified atom stereocenters. The molecule has 110 valence electrons. The first-order chi connectivity index (χ1) is 10.6. The third-order valence-electron chi connectivity index (χ3n) is 2.87. The van der Waals surface area contributed by atoms with Crippen molar-refractivity contribution < 1.29 is 13.9 Å². The second kappa shape index (κ2) is 7.04. The van der Waals surface area contributed by atoms with Gasteiger partial charge in [0, 0.05) is 5.69 Å². The van der Waals surface area contributed by atoms with Crippen molar-refractivity contribution in [2.24, 2.45) is 0 Å². The molecule has 0 spiro atoms. The lowest BCUT2D eigenvalue weighted by molar-refractivity contribution is -0.112. The zero-order valence-electron chi connectivity index (χ0n) is 11.8. The fraction of sp³-hybridized carbons (Fsp3) is 0.0588. The Labute approximate surface area is 127 Å². The van der Waals surface area contributed by atoms with Crippen molar-refractivity contribution >= 4 is 17.7 Å². The lowest BCUT2D eigenvalue weighted by Crippen LogP contribution is -2.13. The monoisotopic (exact) mass is 296 g/mol. The molecule has 1 N–H and O–H groups in total. The van der Waals surface area contributed by atoms with E-state index in [1.165, 1.54) is 24.3 Å². The highest BCUT2D eigenvalue weighted by Gasteiger charge is 2.09. The molecule has 0 saturated heterocycles. The Morgan fingerprint density at radius 3 is 2.59 bits per heavy atom. The summed E-state index contributed by atoms with van der Waals surface area (Å²) in [4.78, 5) is 12.1. The number of carbonyl (C=O) groups is 1. The van der Waals surface area contributed by atoms with Crippen LogP contribution >= 0.6 is 0 Å². The molecule has 0 fully saturated rings. The van der Waals surface area contributed by atoms with Crippen LogP contribution in [0.4, 0.5) is 10.1 Å². The van der Waals surface area contributed by atoms with Crippen molar-refractivity contribution in [3.63, 3.8) is 0 Å². The van der Waals surface area contributed by atoms with Crippen molar-refractivity contribution in [3.8, 4) is 11.8 Å². The standard InChI is InChI=1S/C17H13FN2O2/c1-22-16-7-5-15(6-8-16)20-17(21)13(11-19)9-12-3-2-4-14(18)10-12/h2-10H,1H3,(H,20,21)/b13-9+. The van der Waals surface area contributed by atoms with Crippen molar-refractivity contribution in [2.75, 3.05) is 12.4 Å². The number of hydrogen-bond donors (Lipinski definition) is 1. The van der Waals surface area contributed by atoms with E-state index in [0.717, 1.165) is 0 Å². The Balaban J connectivity index is 2.16. The fourth-order valence-corrected chi connectivity index (χ4v) is 1.78. The number of ether oxygens (including phenoxy) is 1. The number of nitriles is 1. The molecule has 2 aromatic carbocycles. The van der Waals surface area contributed by atoms with Gasteiger partial charge >= 0.3 is 0 Å². The number of nitrogens with zero attached hydrogens (tertiary/aromatic N) is 1. The van der Waals surface area contributed by atoms with E-state index in [4.69, 9.17) is 10.00 Å². The summed E-state index contributed by atoms with van der Waals surface area (Å²) in [6, 6.07) is 14.2. The van der Waals surface area contributed by atoms with Gasteiger partial charge in [0.15, 0.2) is 0 Å². The predicted molar refractivity (Wildman–Crippen MR) is 81.6 cm³/mol. The topological polar surface area (TPSA) is 62.1 Å². The van der Waals surface area contributed by atoms with Gasteiger partial charge in [-0.25, -0.2) is 4.39 Å². The highest BCUT2D eigenvalue weighted by atomic mass is 19.1. The van der Waals surface area contributed by atoms with Gasteiger partial charge in [-0.15, -0.1) is 0 Å². The second-order valence-corrected chi connectivity index (χ2v) is 4.41. The Morgan fingerprint density at radius 2 is 2.00 bits per heavy atom. The van der Waals surface area contributed by atoms with E-state index in [0.29, 0.717) is 17.0 Å². The lowest BCUT2D eigenvalue weighted by atomic mass is 10.1. The molecule has 0 aliphatic carbocycles. The summed E-state index contributed by atoms with van der Waals surface area (Å²) in [7, 11) is 1.54. The second-order valence-electron chi connectivity index (χ2n) is 4.41. The number of amides is 1. The van der Waals surface area contributed by atoms with Crippen LogP contribution in [0.25, 0.3) is 6.08 Å². The zero-order chi connectivity index (χ0) is 15.9. The number of halogens is 1. The van der Waals surface area contributed by atoms with Gasteiger partial charge in [-0.2, -0.15) is 5.26 Å². The molecule has 1 amide bonds. The lowest BCUT2D eigenvalue weighted by Gasteiger charge is -2.05. The van der Waals surface area contributed by atoms with Gasteiger partial charge in [0.25, 0.3) is 5.91 Å². The Hall–Kier alpha value is -3.13. The van der Waals surface area contributed by atoms with Gasteiger partial charge in [-0.3, -0.25) is 4.79 Å². The summed E-state index contributed by atoms with van der Waals surface area (Å²) in [6.07, 6.45) is 1.34. The number of hydrogen-bond acceptors (Lipinski definition) is 3. The molecule has 22 heavy (non-hydrogen) atoms. The predicted octanol–water partition coefficient (Wildman–Crippen LogP) is 3.38. The minimum atomic E-state index is -0.558. The number of carbonyl (C=O) groups excluding carboxylic acids is 1. The molecule has 0 aliphatic rings. The maximum Gasteiger partial charge on any atom is 0.266 e. The van der Waals surface area contributed by atoms with Gasteiger partial charge in [0.1, 0.15) is 23.2 Å². The van der Waals surface area contributed by atoms with Crippen molar-refractivity contribution in [1.82, 2.24) is 0 Å². The van der Waals surface area contributed by atoms with Gasteiger partial charge in [0.05, 0.1) is 7.11 Å². The third-order valence-corrected chi connectivity index (χ3v) is 2.87. The molecule has 0 radical (unpaired) electrons. The maximum absolute atomic E-state index is 13.1. The van der Waals surface area contributed by atoms with E-state index in [1.54, 1.807) is 37.4 Å². The van der Waals surface area contributed by atoms with Crippen LogP contribution in [0.15, 0.2) is 54.1 Å². The Morgan fingerprint density at radius 1 is 1.27 bits per heavy atom. The molecule has 0 aromatic heterocycles. The average Bonchev–Trinajstić information content (AvgIpc) is 2.53. The number of benzene rings is 2. The minimum Gasteiger partial charge on any atom is -0.497 e. The van der Waals surface area contributed by atoms with Gasteiger partial charge in [-0.1, -0.05) is 12.1 Å². The van der Waals surface area contributed by atoms with E-state index < -0.39 is 11.7 Å². The molecule has 2 aromatic rings. The third kappa shape index (κ3) is 3.93. The first-order valence-electron chi connectivity index (χ1n) is 6.45. The van der Waals surface area contributed by atoms with E-state index in [-0.39, 0.29) is 5.57 Å². The van der Waals surface area contributed by atoms with Crippen LogP contribution < -0.4 is 10.1 Å². The van der Waals surface area contributed by atoms with E-state index in [1.807, 2.05) is 6.07 Å². The quantitative estimate of drug-likeness (QED) is 0.695. The van der Waals surface area contributed by atoms with Crippen LogP contribution in [-0.2, 0) is 4.79 Å². The Kier molecular flexibility index (Phi) is 4.89. The molecule has 5 heteroatoms. The number of nitrogens with one attached hydrogen (secondary N) is 1. The summed E-state index contributed by atoms with van der Waals surface area (Å²) < 4.78 is 18.1. The number of anilines is 1. The van der Waals surface area contributed by atoms with E-state index >= 15 is 0 Å². The highest BCUT2D eigenvalue weighted by molar-refractivity contribution is 6.09. The van der Waals surface area contributed by atoms with Crippen molar-refractivity contribution in [2.45, 2.75) is 0 Å². The molecule has 4 nitrogen and oxygen atoms in total. The Bertz CT molecular complexity index is 746. The van der Waals surface area contributed by atoms with Gasteiger partial charge in [-0.05, 0) is 48.0 Å². The summed E-state index contributed by atoms with van der Waals surface area (Å²) in [5.41, 5.74) is 0.869. The van der Waals surface area contributed by atoms with Gasteiger partial charge in [0.2, 0.25) is 0 Å². The van der Waals surface area contributed by atoms with Crippen LogP contribution in [0.3, 0.4) is 0 Å². The summed E-state index contributed by atoms with van der Waals surface area (Å²) >= 11 is 0. The van der Waals surface area contributed by atoms with E-state index in [9.17, 15) is 9.18 Å². The van der Waals surface area contributed by atoms with Crippen molar-refractivity contribution in [3.05, 3.63) is 65.5 Å². The molecule has 2 rings (SSSR count). The average molecular weight is 296 g/mol. The molecule has 0 bridgehead atoms. The van der Waals surface area contributed by atoms with Crippen LogP contribution in [0.2, 0.25) is 0 Å². The van der Waals surface area contributed by atoms with Crippen LogP contribution in [0.5, 0.6) is 5.75 Å². The summed E-state index contributed by atoms with van der Waals surface area (Å²) in [5.74, 6) is -0.327. The van der Waals surface area contributed by atoms with Crippen LogP contribution in [0.1, 0.15) is 5.56 Å². The summed E-state index contributed by atoms with van der Waals surface area (Å²) in [5, 5.41) is 11.7.